The molecule has 12 aromatic rings. The van der Waals surface area contributed by atoms with E-state index in [4.69, 9.17) is 0 Å². The molecule has 0 radical (unpaired) electrons. The number of para-hydroxylation sites is 1. The van der Waals surface area contributed by atoms with E-state index in [0.717, 1.165) is 28.3 Å². The van der Waals surface area contributed by atoms with Crippen LogP contribution in [0.5, 0.6) is 0 Å². The number of anilines is 3. The molecule has 12 rings (SSSR count). The minimum Gasteiger partial charge on any atom is -0.310 e. The fourth-order valence-corrected chi connectivity index (χ4v) is 9.79. The first kappa shape index (κ1) is 38.9. The maximum atomic E-state index is 2.41. The molecule has 0 saturated heterocycles. The first-order valence-corrected chi connectivity index (χ1v) is 22.7. The zero-order chi connectivity index (χ0) is 43.8. The van der Waals surface area contributed by atoms with Crippen LogP contribution in [-0.2, 0) is 0 Å². The predicted octanol–water partition coefficient (Wildman–Crippen LogP) is 17.7. The molecule has 2 nitrogen and oxygen atoms in total. The van der Waals surface area contributed by atoms with Crippen LogP contribution in [0.4, 0.5) is 17.1 Å². The highest BCUT2D eigenvalue weighted by atomic mass is 15.1. The summed E-state index contributed by atoms with van der Waals surface area (Å²) in [5.41, 5.74) is 18.8. The molecule has 1 aromatic heterocycles. The van der Waals surface area contributed by atoms with Gasteiger partial charge in [-0.2, -0.15) is 0 Å². The average molecular weight is 841 g/mol. The summed E-state index contributed by atoms with van der Waals surface area (Å²) in [5.74, 6) is 0. The van der Waals surface area contributed by atoms with Crippen LogP contribution in [0, 0.1) is 0 Å². The van der Waals surface area contributed by atoms with Crippen molar-refractivity contribution in [2.24, 2.45) is 0 Å². The molecule has 0 aliphatic carbocycles. The Morgan fingerprint density at radius 1 is 0.258 bits per heavy atom. The Morgan fingerprint density at radius 3 is 1.35 bits per heavy atom. The Morgan fingerprint density at radius 2 is 0.697 bits per heavy atom. The molecule has 0 amide bonds. The van der Waals surface area contributed by atoms with Crippen LogP contribution in [0.2, 0.25) is 0 Å². The molecule has 0 bridgehead atoms. The Balaban J connectivity index is 0.933. The summed E-state index contributed by atoms with van der Waals surface area (Å²) >= 11 is 0. The summed E-state index contributed by atoms with van der Waals surface area (Å²) in [4.78, 5) is 2.38. The molecular formula is C64H44N2. The van der Waals surface area contributed by atoms with E-state index in [0.29, 0.717) is 0 Å². The molecule has 11 aromatic carbocycles. The van der Waals surface area contributed by atoms with Gasteiger partial charge in [-0.3, -0.25) is 0 Å². The van der Waals surface area contributed by atoms with Crippen LogP contribution in [0.3, 0.4) is 0 Å². The van der Waals surface area contributed by atoms with Gasteiger partial charge in [0.05, 0.1) is 11.0 Å². The fourth-order valence-electron chi connectivity index (χ4n) is 9.79. The standard InChI is InChI=1S/C64H44N2/c1-3-14-45(15-4-1)48-32-38-54(39-33-48)65(55-40-34-50(35-41-55)47-28-30-52(31-29-47)59-24-12-19-51-18-7-8-22-58(51)59)57-21-11-20-53(44-57)60-25-13-27-63-64(60)61-23-9-10-26-62(61)66(63)56-42-36-49(37-43-56)46-16-5-2-6-17-46/h1-44H. The monoisotopic (exact) mass is 840 g/mol. The summed E-state index contributed by atoms with van der Waals surface area (Å²) in [5, 5.41) is 5.00. The third kappa shape index (κ3) is 7.12. The van der Waals surface area contributed by atoms with Crippen molar-refractivity contribution in [3.63, 3.8) is 0 Å². The summed E-state index contributed by atoms with van der Waals surface area (Å²) in [7, 11) is 0. The van der Waals surface area contributed by atoms with Crippen molar-refractivity contribution in [3.05, 3.63) is 267 Å². The van der Waals surface area contributed by atoms with E-state index in [-0.39, 0.29) is 0 Å². The predicted molar refractivity (Wildman–Crippen MR) is 280 cm³/mol. The van der Waals surface area contributed by atoms with Crippen molar-refractivity contribution in [2.75, 3.05) is 4.90 Å². The second-order valence-electron chi connectivity index (χ2n) is 16.9. The highest BCUT2D eigenvalue weighted by Gasteiger charge is 2.19. The van der Waals surface area contributed by atoms with Crippen molar-refractivity contribution in [1.82, 2.24) is 4.57 Å². The summed E-state index contributed by atoms with van der Waals surface area (Å²) in [6, 6.07) is 96.8. The summed E-state index contributed by atoms with van der Waals surface area (Å²) < 4.78 is 2.41. The fraction of sp³-hybridized carbons (Fsp3) is 0. The van der Waals surface area contributed by atoms with E-state index in [9.17, 15) is 0 Å². The lowest BCUT2D eigenvalue weighted by molar-refractivity contribution is 1.18. The second-order valence-corrected chi connectivity index (χ2v) is 16.9. The molecule has 1 heterocycles. The van der Waals surface area contributed by atoms with Crippen molar-refractivity contribution in [3.8, 4) is 61.3 Å². The van der Waals surface area contributed by atoms with Crippen molar-refractivity contribution in [1.29, 1.82) is 0 Å². The van der Waals surface area contributed by atoms with Crippen LogP contribution in [0.25, 0.3) is 93.9 Å². The van der Waals surface area contributed by atoms with Gasteiger partial charge in [-0.15, -0.1) is 0 Å². The molecule has 0 aliphatic rings. The number of rotatable bonds is 9. The van der Waals surface area contributed by atoms with E-state index in [1.54, 1.807) is 0 Å². The van der Waals surface area contributed by atoms with E-state index in [1.807, 2.05) is 0 Å². The van der Waals surface area contributed by atoms with Crippen molar-refractivity contribution >= 4 is 49.6 Å². The van der Waals surface area contributed by atoms with Gasteiger partial charge >= 0.3 is 0 Å². The highest BCUT2D eigenvalue weighted by molar-refractivity contribution is 6.16. The minimum absolute atomic E-state index is 1.09. The lowest BCUT2D eigenvalue weighted by Crippen LogP contribution is -2.10. The van der Waals surface area contributed by atoms with Gasteiger partial charge < -0.3 is 9.47 Å². The van der Waals surface area contributed by atoms with Gasteiger partial charge in [0.1, 0.15) is 0 Å². The van der Waals surface area contributed by atoms with E-state index in [1.165, 1.54) is 82.6 Å². The van der Waals surface area contributed by atoms with Gasteiger partial charge in [0.2, 0.25) is 0 Å². The van der Waals surface area contributed by atoms with Crippen molar-refractivity contribution < 1.29 is 0 Å². The van der Waals surface area contributed by atoms with Crippen LogP contribution in [0.1, 0.15) is 0 Å². The molecule has 0 fully saturated rings. The number of benzene rings is 11. The Labute approximate surface area is 385 Å². The van der Waals surface area contributed by atoms with Crippen LogP contribution in [-0.4, -0.2) is 4.57 Å². The maximum Gasteiger partial charge on any atom is 0.0547 e. The SMILES string of the molecule is c1ccc(-c2ccc(N(c3ccc(-c4ccc(-c5cccc6ccccc56)cc4)cc3)c3cccc(-c4cccc5c4c4ccccc4n5-c4ccc(-c5ccccc5)cc4)c3)cc2)cc1. The van der Waals surface area contributed by atoms with E-state index in [2.05, 4.69) is 276 Å². The molecule has 0 atom stereocenters. The molecule has 0 unspecified atom stereocenters. The Kier molecular flexibility index (Phi) is 9.89. The Bertz CT molecular complexity index is 3640. The quantitative estimate of drug-likeness (QED) is 0.141. The smallest absolute Gasteiger partial charge is 0.0547 e. The number of fused-ring (bicyclic) bond motifs is 4. The number of nitrogens with zero attached hydrogens (tertiary/aromatic N) is 2. The maximum absolute atomic E-state index is 2.41. The third-order valence-electron chi connectivity index (χ3n) is 13.0. The average Bonchev–Trinajstić information content (AvgIpc) is 3.74. The van der Waals surface area contributed by atoms with Crippen LogP contribution >= 0.6 is 0 Å². The highest BCUT2D eigenvalue weighted by Crippen LogP contribution is 2.42. The van der Waals surface area contributed by atoms with Crippen molar-refractivity contribution in [2.45, 2.75) is 0 Å². The van der Waals surface area contributed by atoms with E-state index < -0.39 is 0 Å². The molecule has 2 heteroatoms. The van der Waals surface area contributed by atoms with Crippen LogP contribution < -0.4 is 4.90 Å². The molecule has 66 heavy (non-hydrogen) atoms. The Hall–Kier alpha value is -8.72. The lowest BCUT2D eigenvalue weighted by atomic mass is 9.96. The molecular weight excluding hydrogens is 797 g/mol. The first-order chi connectivity index (χ1) is 32.7. The van der Waals surface area contributed by atoms with Gasteiger partial charge in [-0.1, -0.05) is 206 Å². The van der Waals surface area contributed by atoms with Gasteiger partial charge in [-0.05, 0) is 127 Å². The normalized spacial score (nSPS) is 11.3. The van der Waals surface area contributed by atoms with Gasteiger partial charge in [0, 0.05) is 33.5 Å². The number of hydrogen-bond donors (Lipinski definition) is 0. The topological polar surface area (TPSA) is 8.17 Å². The summed E-state index contributed by atoms with van der Waals surface area (Å²) in [6.07, 6.45) is 0. The lowest BCUT2D eigenvalue weighted by Gasteiger charge is -2.26. The largest absolute Gasteiger partial charge is 0.310 e. The molecule has 310 valence electrons. The summed E-state index contributed by atoms with van der Waals surface area (Å²) in [6.45, 7) is 0. The van der Waals surface area contributed by atoms with Gasteiger partial charge in [-0.25, -0.2) is 0 Å². The number of hydrogen-bond acceptors (Lipinski definition) is 1. The van der Waals surface area contributed by atoms with Gasteiger partial charge in [0.25, 0.3) is 0 Å². The molecule has 0 saturated carbocycles. The van der Waals surface area contributed by atoms with Gasteiger partial charge in [0.15, 0.2) is 0 Å². The first-order valence-electron chi connectivity index (χ1n) is 22.7. The molecule has 0 aliphatic heterocycles. The van der Waals surface area contributed by atoms with Crippen LogP contribution in [0.15, 0.2) is 267 Å². The molecule has 0 spiro atoms. The second kappa shape index (κ2) is 16.8. The molecule has 0 N–H and O–H groups in total. The zero-order valence-corrected chi connectivity index (χ0v) is 36.3. The van der Waals surface area contributed by atoms with E-state index >= 15 is 0 Å². The minimum atomic E-state index is 1.09. The zero-order valence-electron chi connectivity index (χ0n) is 36.3. The third-order valence-corrected chi connectivity index (χ3v) is 13.0. The number of aromatic nitrogens is 1.